The van der Waals surface area contributed by atoms with Crippen molar-refractivity contribution in [1.82, 2.24) is 0 Å². The first-order valence-electron chi connectivity index (χ1n) is 5.57. The number of hydrogen-bond acceptors (Lipinski definition) is 2. The summed E-state index contributed by atoms with van der Waals surface area (Å²) in [6.07, 6.45) is 3.96. The zero-order valence-corrected chi connectivity index (χ0v) is 10.3. The SMILES string of the molecule is C#CCOCC#CC(O)C#CC#Cc1ccccc1. The van der Waals surface area contributed by atoms with Gasteiger partial charge in [-0.15, -0.1) is 6.42 Å². The van der Waals surface area contributed by atoms with Gasteiger partial charge in [0, 0.05) is 5.56 Å². The van der Waals surface area contributed by atoms with Gasteiger partial charge in [0.1, 0.15) is 13.2 Å². The average Bonchev–Trinajstić information content (AvgIpc) is 2.44. The lowest BCUT2D eigenvalue weighted by molar-refractivity contribution is 0.204. The summed E-state index contributed by atoms with van der Waals surface area (Å²) in [6.45, 7) is 0.387. The molecule has 0 radical (unpaired) electrons. The lowest BCUT2D eigenvalue weighted by atomic mass is 10.2. The average molecular weight is 248 g/mol. The van der Waals surface area contributed by atoms with E-state index < -0.39 is 6.10 Å². The largest absolute Gasteiger partial charge is 0.369 e. The molecule has 0 saturated heterocycles. The second kappa shape index (κ2) is 9.41. The van der Waals surface area contributed by atoms with E-state index in [1.165, 1.54) is 0 Å². The van der Waals surface area contributed by atoms with Crippen LogP contribution in [0.3, 0.4) is 0 Å². The van der Waals surface area contributed by atoms with Gasteiger partial charge in [-0.2, -0.15) is 0 Å². The van der Waals surface area contributed by atoms with Gasteiger partial charge in [-0.05, 0) is 29.9 Å². The lowest BCUT2D eigenvalue weighted by Crippen LogP contribution is -1.99. The zero-order valence-electron chi connectivity index (χ0n) is 10.3. The quantitative estimate of drug-likeness (QED) is 0.626. The third kappa shape index (κ3) is 7.33. The molecule has 0 spiro atoms. The number of terminal acetylenes is 1. The zero-order chi connectivity index (χ0) is 13.8. The molecule has 0 amide bonds. The Kier molecular flexibility index (Phi) is 7.16. The van der Waals surface area contributed by atoms with Gasteiger partial charge in [0.15, 0.2) is 6.10 Å². The highest BCUT2D eigenvalue weighted by molar-refractivity contribution is 5.40. The van der Waals surface area contributed by atoms with Crippen LogP contribution in [-0.2, 0) is 4.74 Å². The van der Waals surface area contributed by atoms with Crippen LogP contribution in [0.1, 0.15) is 5.56 Å². The van der Waals surface area contributed by atoms with Gasteiger partial charge in [0.05, 0.1) is 0 Å². The first-order valence-corrected chi connectivity index (χ1v) is 5.57. The van der Waals surface area contributed by atoms with Crippen LogP contribution in [0, 0.1) is 47.9 Å². The molecule has 2 nitrogen and oxygen atoms in total. The van der Waals surface area contributed by atoms with Crippen molar-refractivity contribution >= 4 is 0 Å². The van der Waals surface area contributed by atoms with Gasteiger partial charge in [-0.3, -0.25) is 0 Å². The molecule has 1 N–H and O–H groups in total. The minimum atomic E-state index is -1.03. The van der Waals surface area contributed by atoms with E-state index in [9.17, 15) is 5.11 Å². The molecule has 1 aromatic carbocycles. The molecule has 0 aliphatic heterocycles. The van der Waals surface area contributed by atoms with E-state index in [0.29, 0.717) is 0 Å². The van der Waals surface area contributed by atoms with Crippen molar-refractivity contribution in [3.8, 4) is 47.9 Å². The summed E-state index contributed by atoms with van der Waals surface area (Å²) in [7, 11) is 0. The summed E-state index contributed by atoms with van der Waals surface area (Å²) in [4.78, 5) is 0. The molecular formula is C17H12O2. The summed E-state index contributed by atoms with van der Waals surface area (Å²) in [5.74, 6) is 18.0. The Morgan fingerprint density at radius 3 is 2.63 bits per heavy atom. The Morgan fingerprint density at radius 2 is 1.89 bits per heavy atom. The number of ether oxygens (including phenoxy) is 1. The lowest BCUT2D eigenvalue weighted by Gasteiger charge is -1.90. The van der Waals surface area contributed by atoms with E-state index in [0.717, 1.165) is 5.56 Å². The van der Waals surface area contributed by atoms with Crippen molar-refractivity contribution < 1.29 is 9.84 Å². The second-order valence-corrected chi connectivity index (χ2v) is 3.31. The van der Waals surface area contributed by atoms with Gasteiger partial charge in [-0.25, -0.2) is 0 Å². The Balaban J connectivity index is 2.42. The van der Waals surface area contributed by atoms with Crippen LogP contribution in [0.15, 0.2) is 30.3 Å². The number of hydrogen-bond donors (Lipinski definition) is 1. The van der Waals surface area contributed by atoms with Crippen molar-refractivity contribution in [3.63, 3.8) is 0 Å². The molecule has 1 atom stereocenters. The Hall–Kier alpha value is -2.62. The molecule has 0 heterocycles. The molecule has 0 fully saturated rings. The molecule has 19 heavy (non-hydrogen) atoms. The maximum Gasteiger partial charge on any atom is 0.177 e. The first kappa shape index (κ1) is 14.4. The molecule has 0 bridgehead atoms. The molecule has 0 saturated carbocycles. The van der Waals surface area contributed by atoms with E-state index >= 15 is 0 Å². The Bertz CT molecular complexity index is 604. The molecule has 0 aliphatic carbocycles. The fourth-order valence-electron chi connectivity index (χ4n) is 1.06. The molecular weight excluding hydrogens is 236 g/mol. The van der Waals surface area contributed by atoms with Crippen molar-refractivity contribution in [2.75, 3.05) is 13.2 Å². The van der Waals surface area contributed by atoms with E-state index in [1.54, 1.807) is 0 Å². The van der Waals surface area contributed by atoms with Crippen molar-refractivity contribution in [3.05, 3.63) is 35.9 Å². The molecule has 0 aliphatic rings. The smallest absolute Gasteiger partial charge is 0.177 e. The fraction of sp³-hybridized carbons (Fsp3) is 0.176. The summed E-state index contributed by atoms with van der Waals surface area (Å²) in [6, 6.07) is 9.47. The minimum Gasteiger partial charge on any atom is -0.369 e. The van der Waals surface area contributed by atoms with Gasteiger partial charge in [-0.1, -0.05) is 41.9 Å². The van der Waals surface area contributed by atoms with Crippen LogP contribution in [0.5, 0.6) is 0 Å². The van der Waals surface area contributed by atoms with Gasteiger partial charge >= 0.3 is 0 Å². The van der Waals surface area contributed by atoms with Gasteiger partial charge < -0.3 is 9.84 Å². The van der Waals surface area contributed by atoms with Gasteiger partial charge in [0.2, 0.25) is 0 Å². The predicted octanol–water partition coefficient (Wildman–Crippen LogP) is 1.06. The molecule has 1 rings (SSSR count). The van der Waals surface area contributed by atoms with E-state index in [-0.39, 0.29) is 13.2 Å². The van der Waals surface area contributed by atoms with Crippen LogP contribution in [-0.4, -0.2) is 24.4 Å². The number of aliphatic hydroxyl groups excluding tert-OH is 1. The van der Waals surface area contributed by atoms with Crippen molar-refractivity contribution in [1.29, 1.82) is 0 Å². The van der Waals surface area contributed by atoms with E-state index in [2.05, 4.69) is 41.4 Å². The van der Waals surface area contributed by atoms with Crippen LogP contribution in [0.4, 0.5) is 0 Å². The maximum absolute atomic E-state index is 9.39. The minimum absolute atomic E-state index is 0.179. The normalized spacial score (nSPS) is 9.47. The van der Waals surface area contributed by atoms with Crippen LogP contribution >= 0.6 is 0 Å². The second-order valence-electron chi connectivity index (χ2n) is 3.31. The topological polar surface area (TPSA) is 29.5 Å². The van der Waals surface area contributed by atoms with Crippen LogP contribution in [0.2, 0.25) is 0 Å². The van der Waals surface area contributed by atoms with Crippen LogP contribution in [0.25, 0.3) is 0 Å². The number of aliphatic hydroxyl groups is 1. The van der Waals surface area contributed by atoms with E-state index in [4.69, 9.17) is 11.2 Å². The molecule has 1 aromatic rings. The molecule has 2 heteroatoms. The third-order valence-corrected chi connectivity index (χ3v) is 1.85. The van der Waals surface area contributed by atoms with Crippen molar-refractivity contribution in [2.45, 2.75) is 6.10 Å². The predicted molar refractivity (Wildman–Crippen MR) is 74.5 cm³/mol. The van der Waals surface area contributed by atoms with Crippen LogP contribution < -0.4 is 0 Å². The summed E-state index contributed by atoms with van der Waals surface area (Å²) < 4.78 is 4.92. The number of benzene rings is 1. The van der Waals surface area contributed by atoms with Crippen molar-refractivity contribution in [2.24, 2.45) is 0 Å². The monoisotopic (exact) mass is 248 g/mol. The Morgan fingerprint density at radius 1 is 1.11 bits per heavy atom. The first-order chi connectivity index (χ1) is 9.33. The molecule has 1 unspecified atom stereocenters. The third-order valence-electron chi connectivity index (χ3n) is 1.85. The number of rotatable bonds is 2. The highest BCUT2D eigenvalue weighted by atomic mass is 16.5. The fourth-order valence-corrected chi connectivity index (χ4v) is 1.06. The Labute approximate surface area is 113 Å². The summed E-state index contributed by atoms with van der Waals surface area (Å²) in [5.41, 5.74) is 0.875. The van der Waals surface area contributed by atoms with Gasteiger partial charge in [0.25, 0.3) is 0 Å². The highest BCUT2D eigenvalue weighted by Gasteiger charge is 1.88. The molecule has 0 aromatic heterocycles. The summed E-state index contributed by atoms with van der Waals surface area (Å²) >= 11 is 0. The van der Waals surface area contributed by atoms with E-state index in [1.807, 2.05) is 30.3 Å². The molecule has 92 valence electrons. The standard InChI is InChI=1S/C17H12O2/c1-2-14-19-15-8-13-17(18)12-7-6-11-16-9-4-3-5-10-16/h1,3-5,9-10,17-18H,14-15H2. The highest BCUT2D eigenvalue weighted by Crippen LogP contribution is 1.94. The maximum atomic E-state index is 9.39. The summed E-state index contributed by atoms with van der Waals surface area (Å²) in [5, 5.41) is 9.39.